The van der Waals surface area contributed by atoms with Gasteiger partial charge in [0.25, 0.3) is 0 Å². The third-order valence-corrected chi connectivity index (χ3v) is 6.31. The molecule has 1 aromatic carbocycles. The minimum absolute atomic E-state index is 0. The summed E-state index contributed by atoms with van der Waals surface area (Å²) >= 11 is 0. The largest absolute Gasteiger partial charge is 0.373 e. The fourth-order valence-electron chi connectivity index (χ4n) is 4.32. The molecule has 2 aliphatic rings. The van der Waals surface area contributed by atoms with Gasteiger partial charge in [-0.15, -0.1) is 34.2 Å². The van der Waals surface area contributed by atoms with Crippen molar-refractivity contribution in [1.82, 2.24) is 29.9 Å². The molecule has 8 nitrogen and oxygen atoms in total. The van der Waals surface area contributed by atoms with Crippen molar-refractivity contribution in [3.8, 4) is 0 Å². The van der Waals surface area contributed by atoms with Crippen molar-refractivity contribution in [2.75, 3.05) is 32.8 Å². The summed E-state index contributed by atoms with van der Waals surface area (Å²) in [7, 11) is 1.99. The molecule has 2 aliphatic heterocycles. The first-order valence-corrected chi connectivity index (χ1v) is 11.4. The smallest absolute Gasteiger partial charge is 0.194 e. The predicted molar refractivity (Wildman–Crippen MR) is 137 cm³/mol. The van der Waals surface area contributed by atoms with E-state index < -0.39 is 0 Å². The maximum atomic E-state index is 6.17. The minimum atomic E-state index is 0. The summed E-state index contributed by atoms with van der Waals surface area (Å²) in [5.74, 6) is 2.74. The molecule has 4 rings (SSSR count). The highest BCUT2D eigenvalue weighted by atomic mass is 127. The van der Waals surface area contributed by atoms with Crippen LogP contribution in [0.25, 0.3) is 0 Å². The molecule has 2 atom stereocenters. The highest BCUT2D eigenvalue weighted by Crippen LogP contribution is 2.25. The van der Waals surface area contributed by atoms with Gasteiger partial charge in [-0.2, -0.15) is 0 Å². The molecule has 0 saturated carbocycles. The number of fused-ring (bicyclic) bond motifs is 1. The average Bonchev–Trinajstić information content (AvgIpc) is 3.36. The number of aromatic nitrogens is 3. The summed E-state index contributed by atoms with van der Waals surface area (Å²) in [5, 5.41) is 12.0. The van der Waals surface area contributed by atoms with E-state index >= 15 is 0 Å². The first-order chi connectivity index (χ1) is 15.2. The van der Waals surface area contributed by atoms with Crippen molar-refractivity contribution in [2.45, 2.75) is 51.9 Å². The molecule has 0 radical (unpaired) electrons. The van der Waals surface area contributed by atoms with Crippen molar-refractivity contribution < 1.29 is 4.74 Å². The van der Waals surface area contributed by atoms with Gasteiger partial charge in [-0.05, 0) is 18.9 Å². The van der Waals surface area contributed by atoms with E-state index in [1.165, 1.54) is 5.56 Å². The first kappa shape index (κ1) is 24.9. The van der Waals surface area contributed by atoms with Crippen molar-refractivity contribution in [3.05, 3.63) is 47.5 Å². The Bertz CT molecular complexity index is 872. The Hall–Kier alpha value is -1.72. The normalized spacial score (nSPS) is 21.3. The number of hydrogen-bond acceptors (Lipinski definition) is 5. The van der Waals surface area contributed by atoms with E-state index in [2.05, 4.69) is 62.6 Å². The number of ether oxygens (including phenoxy) is 1. The lowest BCUT2D eigenvalue weighted by Crippen LogP contribution is -2.50. The zero-order valence-electron chi connectivity index (χ0n) is 19.4. The summed E-state index contributed by atoms with van der Waals surface area (Å²) in [6.07, 6.45) is 2.49. The number of aliphatic imine (C=N–C) groups is 1. The Labute approximate surface area is 208 Å². The molecule has 2 fully saturated rings. The van der Waals surface area contributed by atoms with Gasteiger partial charge in [0.15, 0.2) is 11.8 Å². The van der Waals surface area contributed by atoms with Crippen LogP contribution in [0.5, 0.6) is 0 Å². The minimum Gasteiger partial charge on any atom is -0.373 e. The number of unbranched alkanes of at least 4 members (excludes halogenated alkanes) is 1. The van der Waals surface area contributed by atoms with E-state index in [1.54, 1.807) is 0 Å². The van der Waals surface area contributed by atoms with Crippen LogP contribution in [0, 0.1) is 6.92 Å². The SMILES string of the molecule is CCCCNC(=NCc1nnc(C)n1C)N1CC2OCCN(Cc3ccccc3)C2C1.I. The maximum absolute atomic E-state index is 6.17. The van der Waals surface area contributed by atoms with E-state index in [9.17, 15) is 0 Å². The molecule has 0 bridgehead atoms. The number of likely N-dealkylation sites (tertiary alicyclic amines) is 1. The lowest BCUT2D eigenvalue weighted by atomic mass is 10.1. The lowest BCUT2D eigenvalue weighted by Gasteiger charge is -2.36. The quantitative estimate of drug-likeness (QED) is 0.246. The van der Waals surface area contributed by atoms with Gasteiger partial charge in [-0.25, -0.2) is 4.99 Å². The van der Waals surface area contributed by atoms with Crippen LogP contribution in [-0.4, -0.2) is 75.5 Å². The van der Waals surface area contributed by atoms with Gasteiger partial charge < -0.3 is 19.5 Å². The van der Waals surface area contributed by atoms with Gasteiger partial charge in [0.05, 0.1) is 18.8 Å². The van der Waals surface area contributed by atoms with E-state index in [4.69, 9.17) is 9.73 Å². The Kier molecular flexibility index (Phi) is 9.30. The van der Waals surface area contributed by atoms with E-state index in [0.29, 0.717) is 12.6 Å². The molecule has 2 aromatic rings. The number of aryl methyl sites for hydroxylation is 1. The summed E-state index contributed by atoms with van der Waals surface area (Å²) in [5.41, 5.74) is 1.36. The second-order valence-corrected chi connectivity index (χ2v) is 8.48. The number of halogens is 1. The Balaban J connectivity index is 0.00000289. The fraction of sp³-hybridized carbons (Fsp3) is 0.609. The van der Waals surface area contributed by atoms with Crippen LogP contribution in [-0.2, 0) is 24.9 Å². The Morgan fingerprint density at radius 2 is 2.03 bits per heavy atom. The molecule has 0 aliphatic carbocycles. The van der Waals surface area contributed by atoms with Gasteiger partial charge >= 0.3 is 0 Å². The molecule has 2 unspecified atom stereocenters. The van der Waals surface area contributed by atoms with Crippen molar-refractivity contribution in [1.29, 1.82) is 0 Å². The molecule has 2 saturated heterocycles. The third kappa shape index (κ3) is 5.99. The van der Waals surface area contributed by atoms with Crippen LogP contribution in [0.15, 0.2) is 35.3 Å². The summed E-state index contributed by atoms with van der Waals surface area (Å²) in [6, 6.07) is 11.1. The topological polar surface area (TPSA) is 70.8 Å². The Morgan fingerprint density at radius 3 is 2.75 bits per heavy atom. The van der Waals surface area contributed by atoms with Crippen LogP contribution in [0.3, 0.4) is 0 Å². The van der Waals surface area contributed by atoms with Crippen LogP contribution in [0.4, 0.5) is 0 Å². The number of nitrogens with zero attached hydrogens (tertiary/aromatic N) is 6. The summed E-state index contributed by atoms with van der Waals surface area (Å²) in [6.45, 7) is 10.1. The maximum Gasteiger partial charge on any atom is 0.194 e. The van der Waals surface area contributed by atoms with Crippen molar-refractivity contribution in [3.63, 3.8) is 0 Å². The molecular weight excluding hydrogens is 517 g/mol. The van der Waals surface area contributed by atoms with Crippen LogP contribution in [0.2, 0.25) is 0 Å². The average molecular weight is 553 g/mol. The summed E-state index contributed by atoms with van der Waals surface area (Å²) in [4.78, 5) is 9.85. The number of guanidine groups is 1. The van der Waals surface area contributed by atoms with Gasteiger partial charge in [0.1, 0.15) is 12.4 Å². The number of hydrogen-bond donors (Lipinski definition) is 1. The van der Waals surface area contributed by atoms with E-state index in [0.717, 1.165) is 69.8 Å². The highest BCUT2D eigenvalue weighted by Gasteiger charge is 2.41. The molecule has 1 N–H and O–H groups in total. The van der Waals surface area contributed by atoms with Crippen molar-refractivity contribution >= 4 is 29.9 Å². The van der Waals surface area contributed by atoms with E-state index in [1.807, 2.05) is 18.5 Å². The number of benzene rings is 1. The third-order valence-electron chi connectivity index (χ3n) is 6.31. The molecule has 3 heterocycles. The van der Waals surface area contributed by atoms with Gasteiger partial charge in [0.2, 0.25) is 0 Å². The zero-order chi connectivity index (χ0) is 21.6. The Morgan fingerprint density at radius 1 is 1.22 bits per heavy atom. The highest BCUT2D eigenvalue weighted by molar-refractivity contribution is 14.0. The van der Waals surface area contributed by atoms with Gasteiger partial charge in [-0.3, -0.25) is 4.90 Å². The van der Waals surface area contributed by atoms with Crippen molar-refractivity contribution in [2.24, 2.45) is 12.0 Å². The van der Waals surface area contributed by atoms with Crippen LogP contribution >= 0.6 is 24.0 Å². The summed E-state index contributed by atoms with van der Waals surface area (Å²) < 4.78 is 8.17. The molecule has 1 aromatic heterocycles. The molecule has 9 heteroatoms. The van der Waals surface area contributed by atoms with Gasteiger partial charge in [-0.1, -0.05) is 43.7 Å². The standard InChI is InChI=1S/C23H35N7O.HI/c1-4-5-11-24-23(25-14-22-27-26-18(2)28(22)3)30-16-20-21(17-30)31-13-12-29(20)15-19-9-7-6-8-10-19;/h6-10,20-21H,4-5,11-17H2,1-3H3,(H,24,25);1H. The van der Waals surface area contributed by atoms with Gasteiger partial charge in [0, 0.05) is 39.8 Å². The zero-order valence-corrected chi connectivity index (χ0v) is 21.7. The second kappa shape index (κ2) is 11.9. The number of morpholine rings is 1. The lowest BCUT2D eigenvalue weighted by molar-refractivity contribution is -0.0502. The molecule has 0 amide bonds. The van der Waals surface area contributed by atoms with Crippen LogP contribution in [0.1, 0.15) is 37.0 Å². The first-order valence-electron chi connectivity index (χ1n) is 11.4. The molecular formula is C23H36IN7O. The molecule has 32 heavy (non-hydrogen) atoms. The van der Waals surface area contributed by atoms with E-state index in [-0.39, 0.29) is 30.1 Å². The second-order valence-electron chi connectivity index (χ2n) is 8.48. The monoisotopic (exact) mass is 553 g/mol. The molecule has 176 valence electrons. The number of nitrogens with one attached hydrogen (secondary N) is 1. The number of rotatable bonds is 7. The fourth-order valence-corrected chi connectivity index (χ4v) is 4.32. The predicted octanol–water partition coefficient (Wildman–Crippen LogP) is 2.57. The van der Waals surface area contributed by atoms with Crippen LogP contribution < -0.4 is 5.32 Å². The molecule has 0 spiro atoms.